The minimum absolute atomic E-state index is 0.0887. The lowest BCUT2D eigenvalue weighted by atomic mass is 9.93. The third-order valence-electron chi connectivity index (χ3n) is 3.39. The number of rotatable bonds is 5. The summed E-state index contributed by atoms with van der Waals surface area (Å²) in [7, 11) is 0. The third kappa shape index (κ3) is 2.31. The number of ketones is 1. The number of H-pyrrole nitrogens is 1. The number of imidazole rings is 1. The van der Waals surface area contributed by atoms with Crippen LogP contribution in [-0.4, -0.2) is 26.8 Å². The van der Waals surface area contributed by atoms with Crippen molar-refractivity contribution in [3.63, 3.8) is 0 Å². The summed E-state index contributed by atoms with van der Waals surface area (Å²) in [6.07, 6.45) is 1.95. The van der Waals surface area contributed by atoms with Crippen molar-refractivity contribution in [1.29, 1.82) is 0 Å². The largest absolute Gasteiger partial charge is 0.475 e. The van der Waals surface area contributed by atoms with Gasteiger partial charge >= 0.3 is 5.97 Å². The lowest BCUT2D eigenvalue weighted by Gasteiger charge is -2.11. The van der Waals surface area contributed by atoms with Crippen LogP contribution in [0.5, 0.6) is 0 Å². The van der Waals surface area contributed by atoms with E-state index >= 15 is 0 Å². The molecule has 0 aliphatic rings. The van der Waals surface area contributed by atoms with E-state index in [1.54, 1.807) is 6.07 Å². The lowest BCUT2D eigenvalue weighted by Crippen LogP contribution is -2.06. The van der Waals surface area contributed by atoms with Crippen LogP contribution >= 0.6 is 0 Å². The standard InChI is InChI=1S/C15H18N2O3/c1-4-6-11(18)12-8(3)7-10-13(9(12)5-2)17-14(16-10)15(19)20/h7H,4-6H2,1-3H3,(H,16,17)(H,19,20). The van der Waals surface area contributed by atoms with Crippen molar-refractivity contribution < 1.29 is 14.7 Å². The SMILES string of the molecule is CCCC(=O)c1c(C)cc2nc(C(=O)O)[nH]c2c1CC. The maximum atomic E-state index is 12.3. The number of nitrogens with one attached hydrogen (secondary N) is 1. The summed E-state index contributed by atoms with van der Waals surface area (Å²) in [4.78, 5) is 30.2. The molecule has 0 bridgehead atoms. The molecule has 0 amide bonds. The first-order valence-corrected chi connectivity index (χ1v) is 6.78. The fourth-order valence-corrected chi connectivity index (χ4v) is 2.56. The number of aromatic amines is 1. The molecule has 20 heavy (non-hydrogen) atoms. The zero-order chi connectivity index (χ0) is 14.9. The van der Waals surface area contributed by atoms with Crippen LogP contribution in [0.3, 0.4) is 0 Å². The van der Waals surface area contributed by atoms with E-state index in [1.807, 2.05) is 20.8 Å². The van der Waals surface area contributed by atoms with Crippen LogP contribution in [0.4, 0.5) is 0 Å². The number of fused-ring (bicyclic) bond motifs is 1. The smallest absolute Gasteiger partial charge is 0.371 e. The van der Waals surface area contributed by atoms with Crippen LogP contribution in [-0.2, 0) is 6.42 Å². The normalized spacial score (nSPS) is 10.9. The highest BCUT2D eigenvalue weighted by Crippen LogP contribution is 2.26. The van der Waals surface area contributed by atoms with Gasteiger partial charge in [0.1, 0.15) is 0 Å². The Labute approximate surface area is 117 Å². The first kappa shape index (κ1) is 14.2. The highest BCUT2D eigenvalue weighted by atomic mass is 16.4. The van der Waals surface area contributed by atoms with E-state index in [2.05, 4.69) is 9.97 Å². The van der Waals surface area contributed by atoms with Crippen LogP contribution in [0, 0.1) is 6.92 Å². The van der Waals surface area contributed by atoms with Crippen LogP contribution in [0.1, 0.15) is 58.8 Å². The molecule has 1 aromatic carbocycles. The van der Waals surface area contributed by atoms with Crippen LogP contribution < -0.4 is 0 Å². The van der Waals surface area contributed by atoms with Gasteiger partial charge in [-0.3, -0.25) is 4.79 Å². The zero-order valence-corrected chi connectivity index (χ0v) is 11.9. The minimum Gasteiger partial charge on any atom is -0.475 e. The maximum absolute atomic E-state index is 12.3. The quantitative estimate of drug-likeness (QED) is 0.820. The van der Waals surface area contributed by atoms with Crippen molar-refractivity contribution in [2.45, 2.75) is 40.0 Å². The van der Waals surface area contributed by atoms with Gasteiger partial charge in [-0.15, -0.1) is 0 Å². The number of aromatic carboxylic acids is 1. The molecular formula is C15H18N2O3. The summed E-state index contributed by atoms with van der Waals surface area (Å²) in [6, 6.07) is 1.78. The Morgan fingerprint density at radius 1 is 1.35 bits per heavy atom. The molecule has 0 spiro atoms. The molecule has 0 saturated heterocycles. The van der Waals surface area contributed by atoms with Gasteiger partial charge in [-0.2, -0.15) is 0 Å². The van der Waals surface area contributed by atoms with Crippen molar-refractivity contribution >= 4 is 22.8 Å². The fraction of sp³-hybridized carbons (Fsp3) is 0.400. The highest BCUT2D eigenvalue weighted by molar-refractivity contribution is 6.03. The van der Waals surface area contributed by atoms with Gasteiger partial charge in [-0.25, -0.2) is 9.78 Å². The van der Waals surface area contributed by atoms with E-state index < -0.39 is 5.97 Å². The van der Waals surface area contributed by atoms with E-state index in [1.165, 1.54) is 0 Å². The number of hydrogen-bond acceptors (Lipinski definition) is 3. The molecular weight excluding hydrogens is 256 g/mol. The van der Waals surface area contributed by atoms with Gasteiger partial charge in [0.05, 0.1) is 11.0 Å². The molecule has 0 aliphatic heterocycles. The summed E-state index contributed by atoms with van der Waals surface area (Å²) >= 11 is 0. The predicted octanol–water partition coefficient (Wildman–Crippen LogP) is 3.11. The van der Waals surface area contributed by atoms with E-state index in [9.17, 15) is 9.59 Å². The Morgan fingerprint density at radius 2 is 2.05 bits per heavy atom. The number of carbonyl (C=O) groups is 2. The molecule has 0 fully saturated rings. The monoisotopic (exact) mass is 274 g/mol. The lowest BCUT2D eigenvalue weighted by molar-refractivity contribution is 0.0685. The van der Waals surface area contributed by atoms with E-state index in [4.69, 9.17) is 5.11 Å². The molecule has 0 unspecified atom stereocenters. The molecule has 5 nitrogen and oxygen atoms in total. The summed E-state index contributed by atoms with van der Waals surface area (Å²) in [5, 5.41) is 9.02. The number of aromatic nitrogens is 2. The molecule has 0 saturated carbocycles. The number of Topliss-reactive ketones (excluding diaryl/α,β-unsaturated/α-hetero) is 1. The number of carboxylic acids is 1. The predicted molar refractivity (Wildman–Crippen MR) is 76.4 cm³/mol. The molecule has 1 aromatic heterocycles. The van der Waals surface area contributed by atoms with Gasteiger partial charge in [-0.05, 0) is 37.0 Å². The van der Waals surface area contributed by atoms with Crippen molar-refractivity contribution in [3.05, 3.63) is 28.6 Å². The second kappa shape index (κ2) is 5.45. The number of benzene rings is 1. The van der Waals surface area contributed by atoms with Crippen molar-refractivity contribution in [1.82, 2.24) is 9.97 Å². The Kier molecular flexibility index (Phi) is 3.88. The number of carboxylic acid groups (broad SMARTS) is 1. The summed E-state index contributed by atoms with van der Waals surface area (Å²) in [6.45, 7) is 5.80. The maximum Gasteiger partial charge on any atom is 0.371 e. The summed E-state index contributed by atoms with van der Waals surface area (Å²) in [5.41, 5.74) is 3.69. The van der Waals surface area contributed by atoms with Gasteiger partial charge in [0.2, 0.25) is 5.82 Å². The van der Waals surface area contributed by atoms with Gasteiger partial charge in [0.15, 0.2) is 5.78 Å². The molecule has 0 radical (unpaired) electrons. The van der Waals surface area contributed by atoms with Gasteiger partial charge < -0.3 is 10.1 Å². The average molecular weight is 274 g/mol. The number of nitrogens with zero attached hydrogens (tertiary/aromatic N) is 1. The fourth-order valence-electron chi connectivity index (χ4n) is 2.56. The van der Waals surface area contributed by atoms with Crippen LogP contribution in [0.25, 0.3) is 11.0 Å². The van der Waals surface area contributed by atoms with Gasteiger partial charge in [0.25, 0.3) is 0 Å². The molecule has 5 heteroatoms. The molecule has 106 valence electrons. The summed E-state index contributed by atoms with van der Waals surface area (Å²) in [5.74, 6) is -1.08. The van der Waals surface area contributed by atoms with Crippen LogP contribution in [0.15, 0.2) is 6.07 Å². The molecule has 0 atom stereocenters. The third-order valence-corrected chi connectivity index (χ3v) is 3.39. The van der Waals surface area contributed by atoms with Crippen molar-refractivity contribution in [2.24, 2.45) is 0 Å². The first-order chi connectivity index (χ1) is 9.49. The highest BCUT2D eigenvalue weighted by Gasteiger charge is 2.19. The molecule has 1 heterocycles. The van der Waals surface area contributed by atoms with Crippen LogP contribution in [0.2, 0.25) is 0 Å². The topological polar surface area (TPSA) is 83.1 Å². The van der Waals surface area contributed by atoms with E-state index in [-0.39, 0.29) is 11.6 Å². The second-order valence-electron chi connectivity index (χ2n) is 4.86. The Bertz CT molecular complexity index is 686. The summed E-state index contributed by atoms with van der Waals surface area (Å²) < 4.78 is 0. The number of aryl methyl sites for hydroxylation is 2. The first-order valence-electron chi connectivity index (χ1n) is 6.78. The van der Waals surface area contributed by atoms with Gasteiger partial charge in [-0.1, -0.05) is 13.8 Å². The number of hydrogen-bond donors (Lipinski definition) is 2. The Balaban J connectivity index is 2.72. The average Bonchev–Trinajstić information content (AvgIpc) is 2.80. The second-order valence-corrected chi connectivity index (χ2v) is 4.86. The minimum atomic E-state index is -1.10. The zero-order valence-electron chi connectivity index (χ0n) is 11.9. The molecule has 0 aliphatic carbocycles. The molecule has 2 rings (SSSR count). The van der Waals surface area contributed by atoms with E-state index in [0.717, 1.165) is 17.5 Å². The molecule has 2 aromatic rings. The van der Waals surface area contributed by atoms with Gasteiger partial charge in [0, 0.05) is 12.0 Å². The molecule has 2 N–H and O–H groups in total. The van der Waals surface area contributed by atoms with E-state index in [0.29, 0.717) is 29.4 Å². The Hall–Kier alpha value is -2.17. The number of carbonyl (C=O) groups excluding carboxylic acids is 1. The van der Waals surface area contributed by atoms with Crippen molar-refractivity contribution in [3.8, 4) is 0 Å². The Morgan fingerprint density at radius 3 is 2.60 bits per heavy atom. The van der Waals surface area contributed by atoms with Crippen molar-refractivity contribution in [2.75, 3.05) is 0 Å².